The molecule has 1 saturated carbocycles. The lowest BCUT2D eigenvalue weighted by atomic mass is 9.96. The van der Waals surface area contributed by atoms with Crippen molar-refractivity contribution in [2.45, 2.75) is 70.9 Å². The molecule has 1 aromatic carbocycles. The summed E-state index contributed by atoms with van der Waals surface area (Å²) in [5.74, 6) is 1.68. The van der Waals surface area contributed by atoms with Gasteiger partial charge >= 0.3 is 0 Å². The molecule has 0 unspecified atom stereocenters. The van der Waals surface area contributed by atoms with Crippen LogP contribution < -0.4 is 14.8 Å². The number of nitrogens with one attached hydrogen (secondary N) is 1. The molecule has 3 nitrogen and oxygen atoms in total. The predicted octanol–water partition coefficient (Wildman–Crippen LogP) is 5.02. The first kappa shape index (κ1) is 18.9. The van der Waals surface area contributed by atoms with Crippen LogP contribution >= 0.6 is 0 Å². The Labute approximate surface area is 147 Å². The van der Waals surface area contributed by atoms with Gasteiger partial charge in [-0.3, -0.25) is 0 Å². The lowest BCUT2D eigenvalue weighted by molar-refractivity contribution is 0.307. The third-order valence-electron chi connectivity index (χ3n) is 4.76. The molecule has 1 fully saturated rings. The minimum Gasteiger partial charge on any atom is -0.493 e. The molecule has 1 aliphatic rings. The van der Waals surface area contributed by atoms with Crippen LogP contribution in [0.1, 0.15) is 63.0 Å². The fourth-order valence-electron chi connectivity index (χ4n) is 3.51. The molecule has 0 aromatic heterocycles. The zero-order valence-electron chi connectivity index (χ0n) is 15.4. The maximum absolute atomic E-state index is 5.80. The third kappa shape index (κ3) is 5.55. The van der Waals surface area contributed by atoms with Crippen molar-refractivity contribution >= 4 is 0 Å². The molecule has 2 rings (SSSR count). The van der Waals surface area contributed by atoms with Gasteiger partial charge in [0.1, 0.15) is 0 Å². The summed E-state index contributed by atoms with van der Waals surface area (Å²) in [6.45, 7) is 7.40. The van der Waals surface area contributed by atoms with Crippen molar-refractivity contribution in [3.8, 4) is 11.5 Å². The highest BCUT2D eigenvalue weighted by molar-refractivity contribution is 5.50. The van der Waals surface area contributed by atoms with Gasteiger partial charge < -0.3 is 14.8 Å². The lowest BCUT2D eigenvalue weighted by Gasteiger charge is -2.22. The summed E-state index contributed by atoms with van der Waals surface area (Å²) in [6.07, 6.45) is 12.2. The molecule has 0 bridgehead atoms. The number of rotatable bonds is 8. The van der Waals surface area contributed by atoms with Crippen molar-refractivity contribution in [3.63, 3.8) is 0 Å². The molecule has 0 radical (unpaired) electrons. The highest BCUT2D eigenvalue weighted by Gasteiger charge is 2.14. The first-order valence-electron chi connectivity index (χ1n) is 9.45. The number of allylic oxidation sites excluding steroid dienone is 1. The Morgan fingerprint density at radius 1 is 1.17 bits per heavy atom. The average molecular weight is 332 g/mol. The molecule has 24 heavy (non-hydrogen) atoms. The minimum atomic E-state index is 0.639. The molecule has 0 aliphatic heterocycles. The van der Waals surface area contributed by atoms with Gasteiger partial charge in [-0.25, -0.2) is 0 Å². The number of hydrogen-bond acceptors (Lipinski definition) is 3. The highest BCUT2D eigenvalue weighted by atomic mass is 16.5. The van der Waals surface area contributed by atoms with Crippen molar-refractivity contribution in [2.24, 2.45) is 0 Å². The van der Waals surface area contributed by atoms with E-state index < -0.39 is 0 Å². The van der Waals surface area contributed by atoms with Crippen LogP contribution in [0.4, 0.5) is 0 Å². The Kier molecular flexibility index (Phi) is 8.17. The van der Waals surface area contributed by atoms with Gasteiger partial charge in [0.15, 0.2) is 11.5 Å². The van der Waals surface area contributed by atoms with E-state index in [-0.39, 0.29) is 0 Å². The topological polar surface area (TPSA) is 30.5 Å². The molecule has 1 aromatic rings. The molecule has 0 amide bonds. The van der Waals surface area contributed by atoms with Crippen molar-refractivity contribution in [2.75, 3.05) is 13.7 Å². The van der Waals surface area contributed by atoms with Crippen LogP contribution in [0.2, 0.25) is 0 Å². The molecule has 134 valence electrons. The number of ether oxygens (including phenoxy) is 2. The first-order chi connectivity index (χ1) is 11.8. The van der Waals surface area contributed by atoms with E-state index in [0.717, 1.165) is 30.0 Å². The van der Waals surface area contributed by atoms with Crippen LogP contribution in [-0.4, -0.2) is 19.8 Å². The van der Waals surface area contributed by atoms with Crippen LogP contribution in [0.25, 0.3) is 0 Å². The van der Waals surface area contributed by atoms with Gasteiger partial charge in [0.25, 0.3) is 0 Å². The second-order valence-electron chi connectivity index (χ2n) is 6.64. The summed E-state index contributed by atoms with van der Waals surface area (Å²) >= 11 is 0. The van der Waals surface area contributed by atoms with Crippen LogP contribution in [0.5, 0.6) is 11.5 Å². The van der Waals surface area contributed by atoms with E-state index in [4.69, 9.17) is 9.47 Å². The maximum atomic E-state index is 5.80. The fraction of sp³-hybridized carbons (Fsp3) is 0.619. The second-order valence-corrected chi connectivity index (χ2v) is 6.64. The van der Waals surface area contributed by atoms with E-state index in [2.05, 4.69) is 24.0 Å². The van der Waals surface area contributed by atoms with Gasteiger partial charge in [-0.05, 0) is 37.8 Å². The Hall–Kier alpha value is -1.48. The first-order valence-corrected chi connectivity index (χ1v) is 9.45. The summed E-state index contributed by atoms with van der Waals surface area (Å²) < 4.78 is 11.4. The SMILES string of the molecule is C=CCc1cc(CNC2CCCCCCC2)cc(OC)c1OCC. The molecule has 1 aliphatic carbocycles. The standard InChI is InChI=1S/C21H33NO2/c1-4-11-18-14-17(15-20(23-3)21(18)24-5-2)16-22-19-12-9-7-6-8-10-13-19/h4,14-15,19,22H,1,5-13,16H2,2-3H3. The Bertz CT molecular complexity index is 505. The summed E-state index contributed by atoms with van der Waals surface area (Å²) in [7, 11) is 1.71. The van der Waals surface area contributed by atoms with Crippen LogP contribution in [-0.2, 0) is 13.0 Å². The number of hydrogen-bond donors (Lipinski definition) is 1. The van der Waals surface area contributed by atoms with Crippen molar-refractivity contribution in [3.05, 3.63) is 35.9 Å². The Morgan fingerprint density at radius 3 is 2.50 bits per heavy atom. The van der Waals surface area contributed by atoms with E-state index >= 15 is 0 Å². The molecule has 3 heteroatoms. The second kappa shape index (κ2) is 10.4. The Morgan fingerprint density at radius 2 is 1.88 bits per heavy atom. The van der Waals surface area contributed by atoms with Crippen LogP contribution in [0.3, 0.4) is 0 Å². The predicted molar refractivity (Wildman–Crippen MR) is 101 cm³/mol. The van der Waals surface area contributed by atoms with Crippen molar-refractivity contribution in [1.29, 1.82) is 0 Å². The average Bonchev–Trinajstić information content (AvgIpc) is 2.56. The molecule has 0 heterocycles. The van der Waals surface area contributed by atoms with Gasteiger partial charge in [0, 0.05) is 18.2 Å². The molecule has 1 N–H and O–H groups in total. The van der Waals surface area contributed by atoms with E-state index in [1.54, 1.807) is 7.11 Å². The van der Waals surface area contributed by atoms with E-state index in [9.17, 15) is 0 Å². The molecule has 0 spiro atoms. The highest BCUT2D eigenvalue weighted by Crippen LogP contribution is 2.33. The number of methoxy groups -OCH3 is 1. The van der Waals surface area contributed by atoms with Gasteiger partial charge in [-0.2, -0.15) is 0 Å². The molecule has 0 atom stereocenters. The van der Waals surface area contributed by atoms with E-state index in [0.29, 0.717) is 12.6 Å². The van der Waals surface area contributed by atoms with Gasteiger partial charge in [-0.1, -0.05) is 44.2 Å². The normalized spacial score (nSPS) is 16.2. The minimum absolute atomic E-state index is 0.639. The van der Waals surface area contributed by atoms with Gasteiger partial charge in [0.05, 0.1) is 13.7 Å². The smallest absolute Gasteiger partial charge is 0.164 e. The van der Waals surface area contributed by atoms with Crippen LogP contribution in [0, 0.1) is 0 Å². The Balaban J connectivity index is 2.08. The fourth-order valence-corrected chi connectivity index (χ4v) is 3.51. The third-order valence-corrected chi connectivity index (χ3v) is 4.76. The zero-order chi connectivity index (χ0) is 17.2. The van der Waals surface area contributed by atoms with Gasteiger partial charge in [0.2, 0.25) is 0 Å². The van der Waals surface area contributed by atoms with Crippen molar-refractivity contribution < 1.29 is 9.47 Å². The van der Waals surface area contributed by atoms with Gasteiger partial charge in [-0.15, -0.1) is 6.58 Å². The summed E-state index contributed by atoms with van der Waals surface area (Å²) in [5.41, 5.74) is 2.41. The van der Waals surface area contributed by atoms with E-state index in [1.807, 2.05) is 13.0 Å². The molecular weight excluding hydrogens is 298 g/mol. The molecular formula is C21H33NO2. The number of benzene rings is 1. The van der Waals surface area contributed by atoms with E-state index in [1.165, 1.54) is 50.5 Å². The van der Waals surface area contributed by atoms with Crippen molar-refractivity contribution in [1.82, 2.24) is 5.32 Å². The lowest BCUT2D eigenvalue weighted by Crippen LogP contribution is -2.29. The largest absolute Gasteiger partial charge is 0.493 e. The monoisotopic (exact) mass is 331 g/mol. The zero-order valence-corrected chi connectivity index (χ0v) is 15.4. The molecule has 0 saturated heterocycles. The maximum Gasteiger partial charge on any atom is 0.164 e. The summed E-state index contributed by atoms with van der Waals surface area (Å²) in [4.78, 5) is 0. The quantitative estimate of drug-likeness (QED) is 0.678. The summed E-state index contributed by atoms with van der Waals surface area (Å²) in [5, 5.41) is 3.76. The summed E-state index contributed by atoms with van der Waals surface area (Å²) in [6, 6.07) is 4.98. The van der Waals surface area contributed by atoms with Crippen LogP contribution in [0.15, 0.2) is 24.8 Å².